The van der Waals surface area contributed by atoms with Crippen molar-refractivity contribution < 1.29 is 9.53 Å². The Morgan fingerprint density at radius 3 is 2.50 bits per heavy atom. The molecule has 0 bridgehead atoms. The van der Waals surface area contributed by atoms with Crippen LogP contribution in [-0.4, -0.2) is 36.8 Å². The number of thioether (sulfide) groups is 1. The van der Waals surface area contributed by atoms with Crippen molar-refractivity contribution in [1.82, 2.24) is 4.90 Å². The number of carbonyl (C=O) groups is 1. The van der Waals surface area contributed by atoms with E-state index in [4.69, 9.17) is 10.5 Å². The van der Waals surface area contributed by atoms with Gasteiger partial charge in [0, 0.05) is 23.7 Å². The molecule has 1 rings (SSSR count). The summed E-state index contributed by atoms with van der Waals surface area (Å²) >= 11 is 1.47. The van der Waals surface area contributed by atoms with Crippen molar-refractivity contribution in [2.45, 2.75) is 31.6 Å². The molecule has 0 heterocycles. The number of nitrogen functional groups attached to an aromatic ring is 1. The van der Waals surface area contributed by atoms with Crippen molar-refractivity contribution >= 4 is 23.4 Å². The molecule has 0 saturated heterocycles. The van der Waals surface area contributed by atoms with Gasteiger partial charge in [0.2, 0.25) is 5.91 Å². The normalized spacial score (nSPS) is 10.3. The predicted molar refractivity (Wildman–Crippen MR) is 85.3 cm³/mol. The Morgan fingerprint density at radius 1 is 1.30 bits per heavy atom. The van der Waals surface area contributed by atoms with Gasteiger partial charge < -0.3 is 15.4 Å². The van der Waals surface area contributed by atoms with Crippen LogP contribution in [0.5, 0.6) is 5.75 Å². The monoisotopic (exact) mass is 296 g/mol. The van der Waals surface area contributed by atoms with Crippen LogP contribution in [0.1, 0.15) is 26.7 Å². The van der Waals surface area contributed by atoms with E-state index < -0.39 is 0 Å². The van der Waals surface area contributed by atoms with Crippen LogP contribution >= 0.6 is 11.8 Å². The predicted octanol–water partition coefficient (Wildman–Crippen LogP) is 3.02. The molecule has 20 heavy (non-hydrogen) atoms. The van der Waals surface area contributed by atoms with E-state index in [9.17, 15) is 4.79 Å². The summed E-state index contributed by atoms with van der Waals surface area (Å²) in [5.41, 5.74) is 6.60. The smallest absolute Gasteiger partial charge is 0.232 e. The first-order valence-corrected chi connectivity index (χ1v) is 7.95. The fraction of sp³-hybridized carbons (Fsp3) is 0.533. The number of nitrogens with two attached hydrogens (primary N) is 1. The first kappa shape index (κ1) is 16.7. The number of rotatable bonds is 8. The van der Waals surface area contributed by atoms with Gasteiger partial charge in [-0.2, -0.15) is 0 Å². The van der Waals surface area contributed by atoms with Crippen LogP contribution in [-0.2, 0) is 4.79 Å². The van der Waals surface area contributed by atoms with E-state index in [1.165, 1.54) is 11.8 Å². The lowest BCUT2D eigenvalue weighted by molar-refractivity contribution is -0.128. The van der Waals surface area contributed by atoms with Crippen molar-refractivity contribution in [1.29, 1.82) is 0 Å². The van der Waals surface area contributed by atoms with E-state index >= 15 is 0 Å². The standard InChI is InChI=1S/C15H24N2O2S/c1-4-8-17(9-5-2)15(18)11-20-14-10-12(19-3)6-7-13(14)16/h6-7,10H,4-5,8-9,11,16H2,1-3H3. The second kappa shape index (κ2) is 8.74. The Hall–Kier alpha value is -1.36. The lowest BCUT2D eigenvalue weighted by Crippen LogP contribution is -2.33. The zero-order valence-electron chi connectivity index (χ0n) is 12.5. The maximum atomic E-state index is 12.2. The van der Waals surface area contributed by atoms with E-state index in [0.29, 0.717) is 11.4 Å². The molecule has 0 aliphatic rings. The molecule has 1 aromatic rings. The second-order valence-corrected chi connectivity index (χ2v) is 5.59. The Labute approximate surface area is 125 Å². The van der Waals surface area contributed by atoms with E-state index in [2.05, 4.69) is 13.8 Å². The molecule has 2 N–H and O–H groups in total. The van der Waals surface area contributed by atoms with Crippen molar-refractivity contribution in [2.24, 2.45) is 0 Å². The molecule has 0 atom stereocenters. The first-order chi connectivity index (χ1) is 9.62. The van der Waals surface area contributed by atoms with Gasteiger partial charge in [-0.15, -0.1) is 11.8 Å². The fourth-order valence-electron chi connectivity index (χ4n) is 1.90. The van der Waals surface area contributed by atoms with Crippen molar-refractivity contribution in [2.75, 3.05) is 31.7 Å². The highest BCUT2D eigenvalue weighted by Crippen LogP contribution is 2.29. The number of benzene rings is 1. The van der Waals surface area contributed by atoms with Gasteiger partial charge in [0.05, 0.1) is 12.9 Å². The Balaban J connectivity index is 2.63. The Kier molecular flexibility index (Phi) is 7.30. The topological polar surface area (TPSA) is 55.6 Å². The highest BCUT2D eigenvalue weighted by Gasteiger charge is 2.13. The van der Waals surface area contributed by atoms with Crippen LogP contribution in [0.2, 0.25) is 0 Å². The van der Waals surface area contributed by atoms with Crippen LogP contribution in [0.3, 0.4) is 0 Å². The van der Waals surface area contributed by atoms with Crippen molar-refractivity contribution in [3.63, 3.8) is 0 Å². The number of amides is 1. The van der Waals surface area contributed by atoms with Gasteiger partial charge in [0.25, 0.3) is 0 Å². The number of methoxy groups -OCH3 is 1. The molecule has 0 aliphatic carbocycles. The van der Waals surface area contributed by atoms with E-state index in [0.717, 1.165) is 36.6 Å². The van der Waals surface area contributed by atoms with Gasteiger partial charge in [0.1, 0.15) is 5.75 Å². The molecular formula is C15H24N2O2S. The molecule has 0 radical (unpaired) electrons. The first-order valence-electron chi connectivity index (χ1n) is 6.96. The summed E-state index contributed by atoms with van der Waals surface area (Å²) in [6.45, 7) is 5.81. The number of anilines is 1. The van der Waals surface area contributed by atoms with Crippen LogP contribution < -0.4 is 10.5 Å². The number of hydrogen-bond donors (Lipinski definition) is 1. The van der Waals surface area contributed by atoms with Gasteiger partial charge >= 0.3 is 0 Å². The maximum absolute atomic E-state index is 12.2. The molecule has 0 saturated carbocycles. The molecule has 1 aromatic carbocycles. The lowest BCUT2D eigenvalue weighted by Gasteiger charge is -2.21. The molecule has 0 aliphatic heterocycles. The molecule has 112 valence electrons. The van der Waals surface area contributed by atoms with Gasteiger partial charge in [-0.25, -0.2) is 0 Å². The highest BCUT2D eigenvalue weighted by molar-refractivity contribution is 8.00. The molecule has 5 heteroatoms. The van der Waals surface area contributed by atoms with Crippen LogP contribution in [0.4, 0.5) is 5.69 Å². The summed E-state index contributed by atoms with van der Waals surface area (Å²) < 4.78 is 5.18. The third kappa shape index (κ3) is 4.96. The molecule has 0 spiro atoms. The van der Waals surface area contributed by atoms with Crippen LogP contribution in [0, 0.1) is 0 Å². The largest absolute Gasteiger partial charge is 0.497 e. The quantitative estimate of drug-likeness (QED) is 0.592. The summed E-state index contributed by atoms with van der Waals surface area (Å²) in [7, 11) is 1.62. The molecule has 0 unspecified atom stereocenters. The van der Waals surface area contributed by atoms with E-state index in [-0.39, 0.29) is 5.91 Å². The van der Waals surface area contributed by atoms with Crippen molar-refractivity contribution in [3.8, 4) is 5.75 Å². The highest BCUT2D eigenvalue weighted by atomic mass is 32.2. The third-order valence-corrected chi connectivity index (χ3v) is 3.97. The molecule has 0 fully saturated rings. The van der Waals surface area contributed by atoms with E-state index in [1.807, 2.05) is 23.1 Å². The zero-order chi connectivity index (χ0) is 15.0. The summed E-state index contributed by atoms with van der Waals surface area (Å²) in [4.78, 5) is 15.0. The molecule has 1 amide bonds. The number of carbonyl (C=O) groups excluding carboxylic acids is 1. The summed E-state index contributed by atoms with van der Waals surface area (Å²) in [6.07, 6.45) is 1.97. The van der Waals surface area contributed by atoms with E-state index in [1.54, 1.807) is 7.11 Å². The van der Waals surface area contributed by atoms with Crippen LogP contribution in [0.25, 0.3) is 0 Å². The molecule has 0 aromatic heterocycles. The Morgan fingerprint density at radius 2 is 1.95 bits per heavy atom. The second-order valence-electron chi connectivity index (χ2n) is 4.57. The third-order valence-electron chi connectivity index (χ3n) is 2.91. The van der Waals surface area contributed by atoms with Gasteiger partial charge in [-0.3, -0.25) is 4.79 Å². The SMILES string of the molecule is CCCN(CCC)C(=O)CSc1cc(OC)ccc1N. The molecular weight excluding hydrogens is 272 g/mol. The summed E-state index contributed by atoms with van der Waals surface area (Å²) in [5.74, 6) is 1.34. The van der Waals surface area contributed by atoms with Crippen molar-refractivity contribution in [3.05, 3.63) is 18.2 Å². The minimum Gasteiger partial charge on any atom is -0.497 e. The Bertz CT molecular complexity index is 432. The summed E-state index contributed by atoms with van der Waals surface area (Å²) in [5, 5.41) is 0. The number of ether oxygens (including phenoxy) is 1. The minimum atomic E-state index is 0.168. The van der Waals surface area contributed by atoms with Gasteiger partial charge in [0.15, 0.2) is 0 Å². The average Bonchev–Trinajstić information content (AvgIpc) is 2.46. The van der Waals surface area contributed by atoms with Gasteiger partial charge in [-0.05, 0) is 31.0 Å². The zero-order valence-corrected chi connectivity index (χ0v) is 13.3. The fourth-order valence-corrected chi connectivity index (χ4v) is 2.79. The summed E-state index contributed by atoms with van der Waals surface area (Å²) in [6, 6.07) is 5.50. The van der Waals surface area contributed by atoms with Gasteiger partial charge in [-0.1, -0.05) is 13.8 Å². The number of nitrogens with zero attached hydrogens (tertiary/aromatic N) is 1. The minimum absolute atomic E-state index is 0.168. The van der Waals surface area contributed by atoms with Crippen LogP contribution in [0.15, 0.2) is 23.1 Å². The maximum Gasteiger partial charge on any atom is 0.232 e. The number of hydrogen-bond acceptors (Lipinski definition) is 4. The molecule has 4 nitrogen and oxygen atoms in total. The average molecular weight is 296 g/mol. The lowest BCUT2D eigenvalue weighted by atomic mass is 10.3.